The van der Waals surface area contributed by atoms with Gasteiger partial charge in [0.05, 0.1) is 0 Å². The van der Waals surface area contributed by atoms with Crippen molar-refractivity contribution in [2.24, 2.45) is 11.1 Å². The topological polar surface area (TPSA) is 64.3 Å². The number of rotatable bonds is 8. The first-order valence-electron chi connectivity index (χ1n) is 7.09. The van der Waals surface area contributed by atoms with Crippen LogP contribution in [-0.4, -0.2) is 32.2 Å². The van der Waals surface area contributed by atoms with Crippen LogP contribution in [0.1, 0.15) is 51.9 Å². The maximum Gasteiger partial charge on any atom is 0.220 e. The minimum absolute atomic E-state index is 0.102. The zero-order valence-corrected chi connectivity index (χ0v) is 11.8. The third-order valence-electron chi connectivity index (χ3n) is 3.99. The van der Waals surface area contributed by atoms with Crippen LogP contribution in [0.5, 0.6) is 0 Å². The summed E-state index contributed by atoms with van der Waals surface area (Å²) in [6.07, 6.45) is 7.33. The molecule has 0 aromatic rings. The standard InChI is InChI=1S/C14H28N2O2/c1-12(15)5-6-13(17)16-11-14(9-10-18-2)7-3-4-8-14/h12H,3-11,15H2,1-2H3,(H,16,17). The van der Waals surface area contributed by atoms with Crippen molar-refractivity contribution in [2.75, 3.05) is 20.3 Å². The van der Waals surface area contributed by atoms with Crippen molar-refractivity contribution < 1.29 is 9.53 Å². The first-order chi connectivity index (χ1) is 8.58. The van der Waals surface area contributed by atoms with Gasteiger partial charge in [0.25, 0.3) is 0 Å². The summed E-state index contributed by atoms with van der Waals surface area (Å²) in [7, 11) is 1.74. The van der Waals surface area contributed by atoms with Gasteiger partial charge in [-0.3, -0.25) is 4.79 Å². The van der Waals surface area contributed by atoms with Gasteiger partial charge in [0.1, 0.15) is 0 Å². The highest BCUT2D eigenvalue weighted by atomic mass is 16.5. The van der Waals surface area contributed by atoms with Gasteiger partial charge in [-0.25, -0.2) is 0 Å². The van der Waals surface area contributed by atoms with Gasteiger partial charge in [0, 0.05) is 32.7 Å². The van der Waals surface area contributed by atoms with Gasteiger partial charge < -0.3 is 15.8 Å². The zero-order chi connectivity index (χ0) is 13.4. The van der Waals surface area contributed by atoms with E-state index in [0.717, 1.165) is 26.0 Å². The summed E-state index contributed by atoms with van der Waals surface area (Å²) in [4.78, 5) is 11.7. The molecule has 3 N–H and O–H groups in total. The second-order valence-electron chi connectivity index (χ2n) is 5.74. The summed E-state index contributed by atoms with van der Waals surface area (Å²) in [6, 6.07) is 0.102. The van der Waals surface area contributed by atoms with E-state index in [1.165, 1.54) is 25.7 Å². The molecule has 0 aliphatic heterocycles. The predicted molar refractivity (Wildman–Crippen MR) is 73.3 cm³/mol. The number of ether oxygens (including phenoxy) is 1. The molecule has 0 radical (unpaired) electrons. The Balaban J connectivity index is 2.31. The smallest absolute Gasteiger partial charge is 0.220 e. The highest BCUT2D eigenvalue weighted by molar-refractivity contribution is 5.75. The van der Waals surface area contributed by atoms with Crippen molar-refractivity contribution in [3.63, 3.8) is 0 Å². The number of carbonyl (C=O) groups excluding carboxylic acids is 1. The van der Waals surface area contributed by atoms with Crippen LogP contribution >= 0.6 is 0 Å². The van der Waals surface area contributed by atoms with Gasteiger partial charge in [-0.2, -0.15) is 0 Å². The van der Waals surface area contributed by atoms with E-state index >= 15 is 0 Å². The van der Waals surface area contributed by atoms with E-state index in [1.807, 2.05) is 6.92 Å². The fourth-order valence-electron chi connectivity index (χ4n) is 2.69. The summed E-state index contributed by atoms with van der Waals surface area (Å²) in [6.45, 7) is 3.52. The number of amides is 1. The number of methoxy groups -OCH3 is 1. The molecule has 1 saturated carbocycles. The number of nitrogens with two attached hydrogens (primary N) is 1. The molecule has 1 fully saturated rings. The van der Waals surface area contributed by atoms with Crippen LogP contribution in [0.3, 0.4) is 0 Å². The SMILES string of the molecule is COCCC1(CNC(=O)CCC(C)N)CCCC1. The normalized spacial score (nSPS) is 19.7. The molecular formula is C14H28N2O2. The molecule has 1 rings (SSSR count). The summed E-state index contributed by atoms with van der Waals surface area (Å²) in [5.74, 6) is 0.135. The van der Waals surface area contributed by atoms with Crippen LogP contribution in [-0.2, 0) is 9.53 Å². The molecule has 1 aliphatic carbocycles. The third kappa shape index (κ3) is 5.36. The molecule has 4 nitrogen and oxygen atoms in total. The van der Waals surface area contributed by atoms with E-state index in [0.29, 0.717) is 6.42 Å². The quantitative estimate of drug-likeness (QED) is 0.696. The zero-order valence-electron chi connectivity index (χ0n) is 11.8. The van der Waals surface area contributed by atoms with E-state index in [9.17, 15) is 4.79 Å². The molecule has 0 aromatic heterocycles. The van der Waals surface area contributed by atoms with E-state index in [4.69, 9.17) is 10.5 Å². The molecule has 0 saturated heterocycles. The molecule has 18 heavy (non-hydrogen) atoms. The van der Waals surface area contributed by atoms with Gasteiger partial charge >= 0.3 is 0 Å². The van der Waals surface area contributed by atoms with Gasteiger partial charge in [-0.05, 0) is 38.0 Å². The Morgan fingerprint density at radius 3 is 2.67 bits per heavy atom. The molecule has 1 amide bonds. The van der Waals surface area contributed by atoms with Crippen molar-refractivity contribution in [2.45, 2.75) is 57.9 Å². The highest BCUT2D eigenvalue weighted by Gasteiger charge is 2.33. The molecule has 1 aliphatic rings. The molecule has 1 unspecified atom stereocenters. The lowest BCUT2D eigenvalue weighted by Gasteiger charge is -2.29. The highest BCUT2D eigenvalue weighted by Crippen LogP contribution is 2.40. The van der Waals surface area contributed by atoms with Gasteiger partial charge in [-0.1, -0.05) is 12.8 Å². The molecule has 0 aromatic carbocycles. The number of carbonyl (C=O) groups is 1. The monoisotopic (exact) mass is 256 g/mol. The minimum Gasteiger partial charge on any atom is -0.385 e. The Morgan fingerprint density at radius 2 is 2.11 bits per heavy atom. The van der Waals surface area contributed by atoms with Crippen LogP contribution in [0.4, 0.5) is 0 Å². The Morgan fingerprint density at radius 1 is 1.44 bits per heavy atom. The maximum atomic E-state index is 11.7. The minimum atomic E-state index is 0.102. The van der Waals surface area contributed by atoms with E-state index < -0.39 is 0 Å². The fourth-order valence-corrected chi connectivity index (χ4v) is 2.69. The first kappa shape index (κ1) is 15.4. The number of hydrogen-bond acceptors (Lipinski definition) is 3. The van der Waals surface area contributed by atoms with Crippen LogP contribution in [0.15, 0.2) is 0 Å². The summed E-state index contributed by atoms with van der Waals surface area (Å²) in [5, 5.41) is 3.08. The molecule has 4 heteroatoms. The van der Waals surface area contributed by atoms with Crippen LogP contribution in [0.25, 0.3) is 0 Å². The predicted octanol–water partition coefficient (Wildman–Crippen LogP) is 1.83. The Bertz CT molecular complexity index is 248. The summed E-state index contributed by atoms with van der Waals surface area (Å²) >= 11 is 0. The number of hydrogen-bond donors (Lipinski definition) is 2. The van der Waals surface area contributed by atoms with E-state index in [2.05, 4.69) is 5.32 Å². The Kier molecular flexibility index (Phi) is 6.65. The van der Waals surface area contributed by atoms with Gasteiger partial charge in [-0.15, -0.1) is 0 Å². The van der Waals surface area contributed by atoms with E-state index in [-0.39, 0.29) is 17.4 Å². The molecule has 106 valence electrons. The van der Waals surface area contributed by atoms with Crippen LogP contribution in [0, 0.1) is 5.41 Å². The largest absolute Gasteiger partial charge is 0.385 e. The van der Waals surface area contributed by atoms with Gasteiger partial charge in [0.15, 0.2) is 0 Å². The van der Waals surface area contributed by atoms with Crippen LogP contribution < -0.4 is 11.1 Å². The lowest BCUT2D eigenvalue weighted by molar-refractivity contribution is -0.121. The molecule has 0 heterocycles. The molecule has 0 spiro atoms. The van der Waals surface area contributed by atoms with Crippen molar-refractivity contribution in [1.82, 2.24) is 5.32 Å². The second kappa shape index (κ2) is 7.74. The fraction of sp³-hybridized carbons (Fsp3) is 0.929. The average Bonchev–Trinajstić information content (AvgIpc) is 2.81. The van der Waals surface area contributed by atoms with Crippen LogP contribution in [0.2, 0.25) is 0 Å². The molecule has 0 bridgehead atoms. The van der Waals surface area contributed by atoms with Gasteiger partial charge in [0.2, 0.25) is 5.91 Å². The molecule has 1 atom stereocenters. The third-order valence-corrected chi connectivity index (χ3v) is 3.99. The Labute approximate surface area is 111 Å². The van der Waals surface area contributed by atoms with Crippen molar-refractivity contribution in [3.05, 3.63) is 0 Å². The number of nitrogens with one attached hydrogen (secondary N) is 1. The lowest BCUT2D eigenvalue weighted by atomic mass is 9.83. The second-order valence-corrected chi connectivity index (χ2v) is 5.74. The average molecular weight is 256 g/mol. The van der Waals surface area contributed by atoms with Crippen molar-refractivity contribution >= 4 is 5.91 Å². The maximum absolute atomic E-state index is 11.7. The summed E-state index contributed by atoms with van der Waals surface area (Å²) < 4.78 is 5.19. The van der Waals surface area contributed by atoms with E-state index in [1.54, 1.807) is 7.11 Å². The first-order valence-corrected chi connectivity index (χ1v) is 7.09. The summed E-state index contributed by atoms with van der Waals surface area (Å²) in [5.41, 5.74) is 5.93. The Hall–Kier alpha value is -0.610. The lowest BCUT2D eigenvalue weighted by Crippen LogP contribution is -2.37. The van der Waals surface area contributed by atoms with Crippen molar-refractivity contribution in [3.8, 4) is 0 Å². The van der Waals surface area contributed by atoms with Crippen molar-refractivity contribution in [1.29, 1.82) is 0 Å². The molecular weight excluding hydrogens is 228 g/mol.